The first-order chi connectivity index (χ1) is 6.22. The molecule has 0 spiro atoms. The number of aromatic nitrogens is 1. The number of rotatable bonds is 4. The van der Waals surface area contributed by atoms with Crippen molar-refractivity contribution in [3.63, 3.8) is 0 Å². The Morgan fingerprint density at radius 2 is 1.92 bits per heavy atom. The van der Waals surface area contributed by atoms with Crippen LogP contribution in [0.3, 0.4) is 0 Å². The summed E-state index contributed by atoms with van der Waals surface area (Å²) in [7, 11) is 0. The van der Waals surface area contributed by atoms with Gasteiger partial charge in [-0.25, -0.2) is 4.98 Å². The minimum Gasteiger partial charge on any atom is -0.312 e. The third kappa shape index (κ3) is 4.44. The molecule has 0 unspecified atom stereocenters. The highest BCUT2D eigenvalue weighted by atomic mass is 79.9. The summed E-state index contributed by atoms with van der Waals surface area (Å²) in [6, 6.07) is 3.99. The van der Waals surface area contributed by atoms with Crippen molar-refractivity contribution in [3.05, 3.63) is 26.9 Å². The average Bonchev–Trinajstić information content (AvgIpc) is 2.03. The highest BCUT2D eigenvalue weighted by Crippen LogP contribution is 2.15. The lowest BCUT2D eigenvalue weighted by Gasteiger charge is -2.03. The van der Waals surface area contributed by atoms with Gasteiger partial charge in [-0.3, -0.25) is 0 Å². The van der Waals surface area contributed by atoms with Gasteiger partial charge in [0.15, 0.2) is 0 Å². The molecule has 1 aromatic heterocycles. The zero-order valence-corrected chi connectivity index (χ0v) is 11.0. The maximum absolute atomic E-state index is 4.15. The summed E-state index contributed by atoms with van der Waals surface area (Å²) in [4.78, 5) is 4.15. The van der Waals surface area contributed by atoms with E-state index in [1.807, 2.05) is 12.1 Å². The summed E-state index contributed by atoms with van der Waals surface area (Å²) >= 11 is 10.8. The predicted molar refractivity (Wildman–Crippen MR) is 65.2 cm³/mol. The molecule has 1 rings (SSSR count). The lowest BCUT2D eigenvalue weighted by Crippen LogP contribution is -2.15. The lowest BCUT2D eigenvalue weighted by molar-refractivity contribution is 0.731. The molecule has 1 N–H and O–H groups in total. The van der Waals surface area contributed by atoms with Crippen molar-refractivity contribution in [1.82, 2.24) is 10.3 Å². The number of nitrogens with one attached hydrogen (secondary N) is 1. The van der Waals surface area contributed by atoms with E-state index in [4.69, 9.17) is 0 Å². The first kappa shape index (κ1) is 11.5. The summed E-state index contributed by atoms with van der Waals surface area (Å²) in [6.07, 6.45) is 0. The number of halogens is 2. The van der Waals surface area contributed by atoms with Gasteiger partial charge in [-0.1, -0.05) is 0 Å². The van der Waals surface area contributed by atoms with E-state index in [-0.39, 0.29) is 0 Å². The minimum absolute atomic E-state index is 0.848. The number of thiol groups is 1. The Balaban J connectivity index is 2.56. The first-order valence-electron chi connectivity index (χ1n) is 3.86. The van der Waals surface area contributed by atoms with Gasteiger partial charge in [-0.05, 0) is 49.6 Å². The van der Waals surface area contributed by atoms with Crippen molar-refractivity contribution in [3.8, 4) is 0 Å². The molecule has 0 aliphatic carbocycles. The SMILES string of the molecule is SCCNCc1cc(Br)nc(Br)c1. The Labute approximate surface area is 100 Å². The van der Waals surface area contributed by atoms with Crippen LogP contribution in [-0.2, 0) is 6.54 Å². The molecule has 0 aromatic carbocycles. The van der Waals surface area contributed by atoms with Crippen LogP contribution in [0, 0.1) is 0 Å². The van der Waals surface area contributed by atoms with Crippen molar-refractivity contribution in [2.45, 2.75) is 6.54 Å². The third-order valence-electron chi connectivity index (χ3n) is 1.44. The zero-order chi connectivity index (χ0) is 9.68. The maximum Gasteiger partial charge on any atom is 0.107 e. The van der Waals surface area contributed by atoms with Crippen LogP contribution in [0.25, 0.3) is 0 Å². The fraction of sp³-hybridized carbons (Fsp3) is 0.375. The Morgan fingerprint density at radius 1 is 1.31 bits per heavy atom. The molecule has 0 aliphatic rings. The van der Waals surface area contributed by atoms with Gasteiger partial charge in [-0.15, -0.1) is 0 Å². The lowest BCUT2D eigenvalue weighted by atomic mass is 10.3. The Bertz CT molecular complexity index is 261. The summed E-state index contributed by atoms with van der Waals surface area (Å²) in [5, 5.41) is 3.26. The molecule has 1 aromatic rings. The average molecular weight is 326 g/mol. The molecule has 5 heteroatoms. The summed E-state index contributed by atoms with van der Waals surface area (Å²) < 4.78 is 1.70. The second-order valence-corrected chi connectivity index (χ2v) is 4.59. The molecule has 0 saturated carbocycles. The van der Waals surface area contributed by atoms with E-state index < -0.39 is 0 Å². The zero-order valence-electron chi connectivity index (χ0n) is 6.93. The van der Waals surface area contributed by atoms with Gasteiger partial charge in [0.1, 0.15) is 9.21 Å². The summed E-state index contributed by atoms with van der Waals surface area (Å²) in [5.41, 5.74) is 1.20. The Kier molecular flexibility index (Phi) is 5.31. The van der Waals surface area contributed by atoms with Crippen LogP contribution in [0.1, 0.15) is 5.56 Å². The third-order valence-corrected chi connectivity index (χ3v) is 2.48. The van der Waals surface area contributed by atoms with Crippen molar-refractivity contribution in [2.24, 2.45) is 0 Å². The van der Waals surface area contributed by atoms with Gasteiger partial charge < -0.3 is 5.32 Å². The van der Waals surface area contributed by atoms with Gasteiger partial charge in [0.25, 0.3) is 0 Å². The molecule has 0 bridgehead atoms. The molecule has 0 aliphatic heterocycles. The molecule has 1 heterocycles. The van der Waals surface area contributed by atoms with Crippen LogP contribution in [0.4, 0.5) is 0 Å². The topological polar surface area (TPSA) is 24.9 Å². The van der Waals surface area contributed by atoms with E-state index in [0.29, 0.717) is 0 Å². The predicted octanol–water partition coefficient (Wildman–Crippen LogP) is 2.63. The second kappa shape index (κ2) is 6.01. The summed E-state index contributed by atoms with van der Waals surface area (Å²) in [6.45, 7) is 1.76. The molecule has 0 saturated heterocycles. The van der Waals surface area contributed by atoms with Gasteiger partial charge in [0, 0.05) is 18.8 Å². The largest absolute Gasteiger partial charge is 0.312 e. The Morgan fingerprint density at radius 3 is 2.46 bits per heavy atom. The van der Waals surface area contributed by atoms with Crippen molar-refractivity contribution >= 4 is 44.5 Å². The molecular formula is C8H10Br2N2S. The highest BCUT2D eigenvalue weighted by molar-refractivity contribution is 9.11. The normalized spacial score (nSPS) is 10.4. The molecule has 0 amide bonds. The second-order valence-electron chi connectivity index (χ2n) is 2.52. The van der Waals surface area contributed by atoms with Crippen LogP contribution in [0.15, 0.2) is 21.3 Å². The van der Waals surface area contributed by atoms with E-state index in [1.54, 1.807) is 0 Å². The van der Waals surface area contributed by atoms with Crippen LogP contribution in [0.2, 0.25) is 0 Å². The maximum atomic E-state index is 4.15. The molecule has 2 nitrogen and oxygen atoms in total. The van der Waals surface area contributed by atoms with E-state index in [0.717, 1.165) is 28.0 Å². The fourth-order valence-electron chi connectivity index (χ4n) is 0.928. The number of nitrogens with zero attached hydrogens (tertiary/aromatic N) is 1. The van der Waals surface area contributed by atoms with Crippen LogP contribution in [0.5, 0.6) is 0 Å². The smallest absolute Gasteiger partial charge is 0.107 e. The van der Waals surface area contributed by atoms with Gasteiger partial charge >= 0.3 is 0 Å². The summed E-state index contributed by atoms with van der Waals surface area (Å²) in [5.74, 6) is 0.855. The van der Waals surface area contributed by atoms with Crippen LogP contribution >= 0.6 is 44.5 Å². The van der Waals surface area contributed by atoms with Crippen LogP contribution < -0.4 is 5.32 Å². The monoisotopic (exact) mass is 324 g/mol. The van der Waals surface area contributed by atoms with Gasteiger partial charge in [-0.2, -0.15) is 12.6 Å². The van der Waals surface area contributed by atoms with Crippen molar-refractivity contribution in [2.75, 3.05) is 12.3 Å². The molecule has 0 atom stereocenters. The molecular weight excluding hydrogens is 316 g/mol. The standard InChI is InChI=1S/C8H10Br2N2S/c9-7-3-6(4-8(10)12-7)5-11-1-2-13/h3-4,11,13H,1-2,5H2. The van der Waals surface area contributed by atoms with E-state index in [1.165, 1.54) is 5.56 Å². The number of pyridine rings is 1. The quantitative estimate of drug-likeness (QED) is 0.505. The van der Waals surface area contributed by atoms with Crippen molar-refractivity contribution in [1.29, 1.82) is 0 Å². The van der Waals surface area contributed by atoms with E-state index in [2.05, 4.69) is 54.8 Å². The molecule has 72 valence electrons. The van der Waals surface area contributed by atoms with Crippen molar-refractivity contribution < 1.29 is 0 Å². The Hall–Kier alpha value is 0.420. The molecule has 0 radical (unpaired) electrons. The minimum atomic E-state index is 0.848. The van der Waals surface area contributed by atoms with E-state index >= 15 is 0 Å². The fourth-order valence-corrected chi connectivity index (χ4v) is 2.29. The van der Waals surface area contributed by atoms with E-state index in [9.17, 15) is 0 Å². The van der Waals surface area contributed by atoms with Crippen LogP contribution in [-0.4, -0.2) is 17.3 Å². The highest BCUT2D eigenvalue weighted by Gasteiger charge is 1.97. The molecule has 13 heavy (non-hydrogen) atoms. The van der Waals surface area contributed by atoms with Gasteiger partial charge in [0.2, 0.25) is 0 Å². The number of hydrogen-bond donors (Lipinski definition) is 2. The molecule has 0 fully saturated rings. The first-order valence-corrected chi connectivity index (χ1v) is 6.08. The van der Waals surface area contributed by atoms with Gasteiger partial charge in [0.05, 0.1) is 0 Å². The number of hydrogen-bond acceptors (Lipinski definition) is 3.